The summed E-state index contributed by atoms with van der Waals surface area (Å²) in [7, 11) is 0. The molecule has 2 atom stereocenters. The average molecular weight is 398 g/mol. The zero-order valence-electron chi connectivity index (χ0n) is 18.2. The molecular weight excluding hydrogens is 362 g/mol. The van der Waals surface area contributed by atoms with Gasteiger partial charge in [-0.3, -0.25) is 0 Å². The van der Waals surface area contributed by atoms with Crippen LogP contribution in [0, 0.1) is 5.92 Å². The van der Waals surface area contributed by atoms with Gasteiger partial charge in [-0.25, -0.2) is 0 Å². The van der Waals surface area contributed by atoms with E-state index in [1.165, 1.54) is 11.1 Å². The molecule has 0 aromatic heterocycles. The Balaban J connectivity index is 1.72. The third-order valence-corrected chi connectivity index (χ3v) is 4.91. The smallest absolute Gasteiger partial charge is 0.130 e. The van der Waals surface area contributed by atoms with Crippen LogP contribution in [-0.2, 0) is 17.6 Å². The lowest BCUT2D eigenvalue weighted by molar-refractivity contribution is -0.116. The predicted molar refractivity (Wildman–Crippen MR) is 118 cm³/mol. The Morgan fingerprint density at radius 1 is 1.00 bits per heavy atom. The molecule has 2 rings (SSSR count). The van der Waals surface area contributed by atoms with Gasteiger partial charge in [0.1, 0.15) is 24.2 Å². The van der Waals surface area contributed by atoms with E-state index in [2.05, 4.69) is 50.4 Å². The van der Waals surface area contributed by atoms with Crippen LogP contribution in [0.4, 0.5) is 0 Å². The van der Waals surface area contributed by atoms with Crippen LogP contribution in [0.5, 0.6) is 5.75 Å². The van der Waals surface area contributed by atoms with E-state index in [1.807, 2.05) is 24.3 Å². The van der Waals surface area contributed by atoms with E-state index in [0.29, 0.717) is 18.9 Å². The third kappa shape index (κ3) is 8.80. The molecule has 0 spiro atoms. The predicted octanol–water partition coefficient (Wildman–Crippen LogP) is 4.50. The van der Waals surface area contributed by atoms with Crippen molar-refractivity contribution in [3.8, 4) is 5.75 Å². The number of Topliss-reactive ketones (excluding diaryl/α,β-unsaturated/α-hetero) is 1. The van der Waals surface area contributed by atoms with E-state index in [0.717, 1.165) is 24.2 Å². The molecule has 0 unspecified atom stereocenters. The minimum absolute atomic E-state index is 0.165. The summed E-state index contributed by atoms with van der Waals surface area (Å²) in [6.45, 7) is 8.86. The summed E-state index contributed by atoms with van der Waals surface area (Å²) in [4.78, 5) is 11.1. The van der Waals surface area contributed by atoms with E-state index in [1.54, 1.807) is 6.92 Å². The van der Waals surface area contributed by atoms with Crippen LogP contribution in [0.25, 0.3) is 0 Å². The van der Waals surface area contributed by atoms with Crippen molar-refractivity contribution in [2.45, 2.75) is 59.1 Å². The van der Waals surface area contributed by atoms with Crippen LogP contribution < -0.4 is 10.1 Å². The normalized spacial score (nSPS) is 13.3. The largest absolute Gasteiger partial charge is 0.491 e. The summed E-state index contributed by atoms with van der Waals surface area (Å²) in [5, 5.41) is 13.6. The van der Waals surface area contributed by atoms with Crippen LogP contribution >= 0.6 is 0 Å². The fraction of sp³-hybridized carbons (Fsp3) is 0.480. The molecule has 0 heterocycles. The highest BCUT2D eigenvalue weighted by Gasteiger charge is 2.10. The monoisotopic (exact) mass is 397 g/mol. The lowest BCUT2D eigenvalue weighted by Gasteiger charge is -2.18. The van der Waals surface area contributed by atoms with E-state index >= 15 is 0 Å². The zero-order chi connectivity index (χ0) is 21.2. The summed E-state index contributed by atoms with van der Waals surface area (Å²) < 4.78 is 5.68. The Hall–Kier alpha value is -2.17. The molecule has 0 amide bonds. The van der Waals surface area contributed by atoms with Crippen molar-refractivity contribution in [2.75, 3.05) is 13.2 Å². The van der Waals surface area contributed by atoms with E-state index in [9.17, 15) is 9.90 Å². The van der Waals surface area contributed by atoms with Gasteiger partial charge in [-0.05, 0) is 61.4 Å². The number of aliphatic hydroxyl groups excluding tert-OH is 1. The maximum Gasteiger partial charge on any atom is 0.130 e. The van der Waals surface area contributed by atoms with Crippen LogP contribution in [0.2, 0.25) is 0 Å². The van der Waals surface area contributed by atoms with Crippen molar-refractivity contribution < 1.29 is 14.6 Å². The third-order valence-electron chi connectivity index (χ3n) is 4.91. The molecule has 29 heavy (non-hydrogen) atoms. The zero-order valence-corrected chi connectivity index (χ0v) is 18.2. The minimum atomic E-state index is -0.588. The summed E-state index contributed by atoms with van der Waals surface area (Å²) in [5.41, 5.74) is 3.69. The quantitative estimate of drug-likeness (QED) is 0.554. The molecule has 4 heteroatoms. The number of rotatable bonds is 12. The van der Waals surface area contributed by atoms with Crippen LogP contribution in [0.15, 0.2) is 48.5 Å². The van der Waals surface area contributed by atoms with Gasteiger partial charge in [0.05, 0.1) is 0 Å². The first-order chi connectivity index (χ1) is 13.8. The van der Waals surface area contributed by atoms with E-state index in [4.69, 9.17) is 4.74 Å². The standard InChI is InChI=1S/C25H35NO3/c1-18(2)15-22-7-11-23(12-8-22)20(4)26-16-24(28)17-29-25-13-9-21(10-14-25)6-5-19(3)27/h7-14,18,20,24,26,28H,5-6,15-17H2,1-4H3/t20-,24-/m1/s1. The number of benzene rings is 2. The first-order valence-corrected chi connectivity index (χ1v) is 10.5. The number of aliphatic hydroxyl groups is 1. The van der Waals surface area contributed by atoms with Gasteiger partial charge in [0.15, 0.2) is 0 Å². The van der Waals surface area contributed by atoms with E-state index < -0.39 is 6.10 Å². The Bertz CT molecular complexity index is 738. The van der Waals surface area contributed by atoms with Crippen molar-refractivity contribution in [1.82, 2.24) is 5.32 Å². The lowest BCUT2D eigenvalue weighted by atomic mass is 10.00. The maximum absolute atomic E-state index is 11.1. The number of hydrogen-bond acceptors (Lipinski definition) is 4. The Labute approximate surface area is 175 Å². The number of carbonyl (C=O) groups is 1. The number of ether oxygens (including phenoxy) is 1. The number of nitrogens with one attached hydrogen (secondary N) is 1. The molecule has 2 N–H and O–H groups in total. The van der Waals surface area contributed by atoms with Gasteiger partial charge in [0.25, 0.3) is 0 Å². The first kappa shape index (κ1) is 23.1. The van der Waals surface area contributed by atoms with Gasteiger partial charge in [-0.2, -0.15) is 0 Å². The SMILES string of the molecule is CC(=O)CCc1ccc(OC[C@H](O)CN[C@H](C)c2ccc(CC(C)C)cc2)cc1. The van der Waals surface area contributed by atoms with Gasteiger partial charge >= 0.3 is 0 Å². The Morgan fingerprint density at radius 2 is 1.62 bits per heavy atom. The van der Waals surface area contributed by atoms with Crippen molar-refractivity contribution in [3.63, 3.8) is 0 Å². The minimum Gasteiger partial charge on any atom is -0.491 e. The van der Waals surface area contributed by atoms with Gasteiger partial charge in [0, 0.05) is 19.0 Å². The van der Waals surface area contributed by atoms with E-state index in [-0.39, 0.29) is 18.4 Å². The van der Waals surface area contributed by atoms with Crippen molar-refractivity contribution in [1.29, 1.82) is 0 Å². The van der Waals surface area contributed by atoms with Gasteiger partial charge in [0.2, 0.25) is 0 Å². The number of aryl methyl sites for hydroxylation is 1. The second kappa shape index (κ2) is 11.7. The van der Waals surface area contributed by atoms with Crippen LogP contribution in [0.3, 0.4) is 0 Å². The second-order valence-electron chi connectivity index (χ2n) is 8.28. The number of ketones is 1. The number of hydrogen-bond donors (Lipinski definition) is 2. The first-order valence-electron chi connectivity index (χ1n) is 10.5. The van der Waals surface area contributed by atoms with Crippen molar-refractivity contribution in [2.24, 2.45) is 5.92 Å². The fourth-order valence-electron chi connectivity index (χ4n) is 3.17. The average Bonchev–Trinajstić information content (AvgIpc) is 2.69. The fourth-order valence-corrected chi connectivity index (χ4v) is 3.17. The number of carbonyl (C=O) groups excluding carboxylic acids is 1. The summed E-state index contributed by atoms with van der Waals surface area (Å²) in [6, 6.07) is 16.6. The summed E-state index contributed by atoms with van der Waals surface area (Å²) in [6.07, 6.45) is 1.81. The molecule has 0 saturated carbocycles. The summed E-state index contributed by atoms with van der Waals surface area (Å²) in [5.74, 6) is 1.58. The highest BCUT2D eigenvalue weighted by Crippen LogP contribution is 2.16. The van der Waals surface area contributed by atoms with Gasteiger partial charge < -0.3 is 20.0 Å². The molecule has 4 nitrogen and oxygen atoms in total. The topological polar surface area (TPSA) is 58.6 Å². The van der Waals surface area contributed by atoms with Gasteiger partial charge in [-0.1, -0.05) is 50.2 Å². The van der Waals surface area contributed by atoms with Crippen LogP contribution in [0.1, 0.15) is 56.8 Å². The Kier molecular flexibility index (Phi) is 9.36. The molecule has 2 aromatic carbocycles. The second-order valence-corrected chi connectivity index (χ2v) is 8.28. The molecule has 158 valence electrons. The molecular formula is C25H35NO3. The van der Waals surface area contributed by atoms with Gasteiger partial charge in [-0.15, -0.1) is 0 Å². The lowest BCUT2D eigenvalue weighted by Crippen LogP contribution is -2.33. The molecule has 0 saturated heterocycles. The molecule has 0 bridgehead atoms. The molecule has 0 aliphatic heterocycles. The highest BCUT2D eigenvalue weighted by atomic mass is 16.5. The van der Waals surface area contributed by atoms with Crippen LogP contribution in [-0.4, -0.2) is 30.1 Å². The molecule has 0 aliphatic rings. The maximum atomic E-state index is 11.1. The summed E-state index contributed by atoms with van der Waals surface area (Å²) >= 11 is 0. The molecule has 0 radical (unpaired) electrons. The molecule has 0 fully saturated rings. The molecule has 2 aromatic rings. The van der Waals surface area contributed by atoms with Crippen molar-refractivity contribution >= 4 is 5.78 Å². The van der Waals surface area contributed by atoms with Crippen molar-refractivity contribution in [3.05, 3.63) is 65.2 Å². The Morgan fingerprint density at radius 3 is 2.21 bits per heavy atom. The molecule has 0 aliphatic carbocycles. The highest BCUT2D eigenvalue weighted by molar-refractivity contribution is 5.75.